The van der Waals surface area contributed by atoms with Crippen molar-refractivity contribution in [1.29, 1.82) is 0 Å². The molecule has 1 unspecified atom stereocenters. The maximum absolute atomic E-state index is 12.6. The Labute approximate surface area is 171 Å². The van der Waals surface area contributed by atoms with Gasteiger partial charge in [0.2, 0.25) is 11.8 Å². The average Bonchev–Trinajstić information content (AvgIpc) is 3.03. The molecule has 0 saturated carbocycles. The smallest absolute Gasteiger partial charge is 0.247 e. The summed E-state index contributed by atoms with van der Waals surface area (Å²) >= 11 is 11.9. The summed E-state index contributed by atoms with van der Waals surface area (Å²) in [5, 5.41) is 3.73. The molecule has 146 valence electrons. The maximum Gasteiger partial charge on any atom is 0.247 e. The van der Waals surface area contributed by atoms with Gasteiger partial charge in [0, 0.05) is 28.7 Å². The molecule has 1 aromatic carbocycles. The van der Waals surface area contributed by atoms with Crippen molar-refractivity contribution in [3.05, 3.63) is 28.2 Å². The van der Waals surface area contributed by atoms with Crippen molar-refractivity contribution in [3.63, 3.8) is 0 Å². The second-order valence-electron chi connectivity index (χ2n) is 6.35. The summed E-state index contributed by atoms with van der Waals surface area (Å²) in [4.78, 5) is 26.7. The van der Waals surface area contributed by atoms with Crippen LogP contribution in [0.5, 0.6) is 0 Å². The second-order valence-corrected chi connectivity index (χ2v) is 7.22. The van der Waals surface area contributed by atoms with Gasteiger partial charge in [-0.1, -0.05) is 36.0 Å². The number of unbranched alkanes of at least 4 members (excludes halogenated alkanes) is 3. The summed E-state index contributed by atoms with van der Waals surface area (Å²) in [6.45, 7) is 1.33. The molecule has 1 aliphatic rings. The molecule has 5 nitrogen and oxygen atoms in total. The zero-order valence-corrected chi connectivity index (χ0v) is 17.0. The van der Waals surface area contributed by atoms with E-state index in [1.54, 1.807) is 23.1 Å². The Hall–Kier alpha value is -1.01. The lowest BCUT2D eigenvalue weighted by Crippen LogP contribution is -2.43. The zero-order valence-electron chi connectivity index (χ0n) is 14.7. The van der Waals surface area contributed by atoms with E-state index in [-0.39, 0.29) is 24.2 Å². The fourth-order valence-corrected chi connectivity index (χ4v) is 3.63. The van der Waals surface area contributed by atoms with Crippen LogP contribution in [0.15, 0.2) is 18.2 Å². The molecule has 1 heterocycles. The van der Waals surface area contributed by atoms with Crippen LogP contribution < -0.4 is 11.1 Å². The predicted molar refractivity (Wildman–Crippen MR) is 109 cm³/mol. The molecule has 0 aromatic heterocycles. The van der Waals surface area contributed by atoms with Gasteiger partial charge in [0.25, 0.3) is 0 Å². The van der Waals surface area contributed by atoms with E-state index < -0.39 is 6.04 Å². The summed E-state index contributed by atoms with van der Waals surface area (Å²) in [5.41, 5.74) is 6.01. The van der Waals surface area contributed by atoms with E-state index in [2.05, 4.69) is 5.32 Å². The third kappa shape index (κ3) is 6.95. The third-order valence-corrected chi connectivity index (χ3v) is 4.79. The number of halogens is 3. The lowest BCUT2D eigenvalue weighted by atomic mass is 10.1. The van der Waals surface area contributed by atoms with E-state index in [9.17, 15) is 9.59 Å². The Morgan fingerprint density at radius 2 is 1.77 bits per heavy atom. The summed E-state index contributed by atoms with van der Waals surface area (Å²) in [6.07, 6.45) is 5.88. The topological polar surface area (TPSA) is 75.4 Å². The van der Waals surface area contributed by atoms with Crippen molar-refractivity contribution in [1.82, 2.24) is 4.90 Å². The van der Waals surface area contributed by atoms with Gasteiger partial charge in [0.05, 0.1) is 0 Å². The van der Waals surface area contributed by atoms with Crippen LogP contribution >= 0.6 is 35.6 Å². The minimum absolute atomic E-state index is 0. The third-order valence-electron chi connectivity index (χ3n) is 4.35. The van der Waals surface area contributed by atoms with Crippen LogP contribution in [0.25, 0.3) is 0 Å². The Kier molecular flexibility index (Phi) is 10.3. The minimum Gasteiger partial charge on any atom is -0.331 e. The maximum atomic E-state index is 12.6. The van der Waals surface area contributed by atoms with Crippen molar-refractivity contribution in [2.45, 2.75) is 51.0 Å². The van der Waals surface area contributed by atoms with E-state index in [0.717, 1.165) is 32.1 Å². The molecule has 0 spiro atoms. The Bertz CT molecular complexity index is 593. The molecule has 1 saturated heterocycles. The van der Waals surface area contributed by atoms with Gasteiger partial charge in [-0.2, -0.15) is 0 Å². The van der Waals surface area contributed by atoms with Crippen LogP contribution in [-0.2, 0) is 9.59 Å². The highest BCUT2D eigenvalue weighted by Gasteiger charge is 2.33. The van der Waals surface area contributed by atoms with Gasteiger partial charge >= 0.3 is 0 Å². The zero-order chi connectivity index (χ0) is 18.2. The highest BCUT2D eigenvalue weighted by atomic mass is 35.5. The van der Waals surface area contributed by atoms with E-state index in [1.807, 2.05) is 0 Å². The molecular formula is C18H26Cl3N3O2. The number of rotatable bonds is 8. The molecule has 0 radical (unpaired) electrons. The summed E-state index contributed by atoms with van der Waals surface area (Å²) in [6, 6.07) is 4.47. The molecule has 2 rings (SSSR count). The molecule has 0 aliphatic carbocycles. The molecule has 0 bridgehead atoms. The van der Waals surface area contributed by atoms with Gasteiger partial charge < -0.3 is 16.0 Å². The molecule has 1 aliphatic heterocycles. The van der Waals surface area contributed by atoms with Gasteiger partial charge in [-0.15, -0.1) is 12.4 Å². The van der Waals surface area contributed by atoms with Crippen LogP contribution in [0.2, 0.25) is 10.0 Å². The highest BCUT2D eigenvalue weighted by molar-refractivity contribution is 6.35. The number of nitrogens with zero attached hydrogens (tertiary/aromatic N) is 1. The first-order valence-electron chi connectivity index (χ1n) is 8.78. The Morgan fingerprint density at radius 1 is 1.12 bits per heavy atom. The highest BCUT2D eigenvalue weighted by Crippen LogP contribution is 2.25. The SMILES string of the molecule is Cl.NCCCCCCC(=O)N1CCCC1C(=O)Nc1cc(Cl)cc(Cl)c1. The van der Waals surface area contributed by atoms with Crippen molar-refractivity contribution >= 4 is 53.1 Å². The largest absolute Gasteiger partial charge is 0.331 e. The number of carbonyl (C=O) groups excluding carboxylic acids is 2. The quantitative estimate of drug-likeness (QED) is 0.615. The monoisotopic (exact) mass is 421 g/mol. The molecular weight excluding hydrogens is 397 g/mol. The van der Waals surface area contributed by atoms with Crippen LogP contribution in [0.1, 0.15) is 44.9 Å². The number of benzene rings is 1. The normalized spacial score (nSPS) is 16.3. The number of hydrogen-bond acceptors (Lipinski definition) is 3. The number of anilines is 1. The predicted octanol–water partition coefficient (Wildman–Crippen LogP) is 4.25. The number of carbonyl (C=O) groups is 2. The standard InChI is InChI=1S/C18H25Cl2N3O2.ClH/c19-13-10-14(20)12-15(11-13)22-18(25)16-6-5-9-23(16)17(24)7-3-1-2-4-8-21;/h10-12,16H,1-9,21H2,(H,22,25);1H. The van der Waals surface area contributed by atoms with Crippen LogP contribution in [-0.4, -0.2) is 35.8 Å². The minimum atomic E-state index is -0.422. The van der Waals surface area contributed by atoms with E-state index in [0.29, 0.717) is 41.7 Å². The van der Waals surface area contributed by atoms with Crippen LogP contribution in [0.4, 0.5) is 5.69 Å². The van der Waals surface area contributed by atoms with Crippen molar-refractivity contribution in [2.24, 2.45) is 5.73 Å². The first-order chi connectivity index (χ1) is 12.0. The van der Waals surface area contributed by atoms with E-state index in [1.165, 1.54) is 0 Å². The number of nitrogens with one attached hydrogen (secondary N) is 1. The van der Waals surface area contributed by atoms with Crippen molar-refractivity contribution in [3.8, 4) is 0 Å². The fourth-order valence-electron chi connectivity index (χ4n) is 3.11. The first kappa shape index (κ1) is 23.0. The van der Waals surface area contributed by atoms with Crippen molar-refractivity contribution < 1.29 is 9.59 Å². The van der Waals surface area contributed by atoms with Crippen molar-refractivity contribution in [2.75, 3.05) is 18.4 Å². The Morgan fingerprint density at radius 3 is 2.42 bits per heavy atom. The van der Waals surface area contributed by atoms with Crippen LogP contribution in [0.3, 0.4) is 0 Å². The van der Waals surface area contributed by atoms with E-state index >= 15 is 0 Å². The number of amides is 2. The molecule has 1 aromatic rings. The molecule has 8 heteroatoms. The fraction of sp³-hybridized carbons (Fsp3) is 0.556. The van der Waals surface area contributed by atoms with Crippen LogP contribution in [0, 0.1) is 0 Å². The number of likely N-dealkylation sites (tertiary alicyclic amines) is 1. The average molecular weight is 423 g/mol. The second kappa shape index (κ2) is 11.7. The molecule has 2 amide bonds. The lowest BCUT2D eigenvalue weighted by molar-refractivity contribution is -0.136. The molecule has 1 fully saturated rings. The number of nitrogens with two attached hydrogens (primary N) is 1. The summed E-state index contributed by atoms with van der Waals surface area (Å²) < 4.78 is 0. The molecule has 26 heavy (non-hydrogen) atoms. The number of hydrogen-bond donors (Lipinski definition) is 2. The van der Waals surface area contributed by atoms with Gasteiger partial charge in [-0.05, 0) is 50.4 Å². The van der Waals surface area contributed by atoms with E-state index in [4.69, 9.17) is 28.9 Å². The lowest BCUT2D eigenvalue weighted by Gasteiger charge is -2.24. The Balaban J connectivity index is 0.00000338. The molecule has 1 atom stereocenters. The molecule has 3 N–H and O–H groups in total. The first-order valence-corrected chi connectivity index (χ1v) is 9.53. The van der Waals surface area contributed by atoms with Gasteiger partial charge in [0.1, 0.15) is 6.04 Å². The van der Waals surface area contributed by atoms with Gasteiger partial charge in [-0.25, -0.2) is 0 Å². The summed E-state index contributed by atoms with van der Waals surface area (Å²) in [7, 11) is 0. The summed E-state index contributed by atoms with van der Waals surface area (Å²) in [5.74, 6) is -0.137. The van der Waals surface area contributed by atoms with Gasteiger partial charge in [-0.3, -0.25) is 9.59 Å². The van der Waals surface area contributed by atoms with Gasteiger partial charge in [0.15, 0.2) is 0 Å².